The van der Waals surface area contributed by atoms with E-state index in [1.165, 1.54) is 17.7 Å². The van der Waals surface area contributed by atoms with Crippen LogP contribution in [0.25, 0.3) is 0 Å². The zero-order valence-electron chi connectivity index (χ0n) is 7.58. The second kappa shape index (κ2) is 6.21. The van der Waals surface area contributed by atoms with Gasteiger partial charge in [-0.25, -0.2) is 0 Å². The van der Waals surface area contributed by atoms with E-state index in [1.807, 2.05) is 0 Å². The van der Waals surface area contributed by atoms with Crippen LogP contribution in [0.1, 0.15) is 24.6 Å². The molecular weight excluding hydrogens is 168 g/mol. The molecule has 0 fully saturated rings. The number of hydrogen-bond acceptors (Lipinski definition) is 2. The van der Waals surface area contributed by atoms with Crippen LogP contribution in [0.4, 0.5) is 0 Å². The summed E-state index contributed by atoms with van der Waals surface area (Å²) >= 11 is 1.81. The maximum atomic E-state index is 5.45. The van der Waals surface area contributed by atoms with Gasteiger partial charge in [-0.1, -0.05) is 19.4 Å². The van der Waals surface area contributed by atoms with Crippen molar-refractivity contribution in [3.63, 3.8) is 0 Å². The molecule has 0 aliphatic rings. The molecule has 0 N–H and O–H groups in total. The van der Waals surface area contributed by atoms with Crippen LogP contribution in [0.15, 0.2) is 17.5 Å². The van der Waals surface area contributed by atoms with E-state index >= 15 is 0 Å². The van der Waals surface area contributed by atoms with Crippen LogP contribution in [0, 0.1) is 0 Å². The summed E-state index contributed by atoms with van der Waals surface area (Å²) in [5.74, 6) is 0. The largest absolute Gasteiger partial charge is 0.381 e. The second-order valence-corrected chi connectivity index (χ2v) is 3.83. The Morgan fingerprint density at radius 2 is 2.33 bits per heavy atom. The first-order chi connectivity index (χ1) is 5.93. The molecule has 0 aromatic carbocycles. The van der Waals surface area contributed by atoms with Crippen LogP contribution in [-0.2, 0) is 11.2 Å². The van der Waals surface area contributed by atoms with E-state index in [4.69, 9.17) is 4.74 Å². The Labute approximate surface area is 78.4 Å². The van der Waals surface area contributed by atoms with Crippen molar-refractivity contribution in [1.82, 2.24) is 0 Å². The molecule has 0 bridgehead atoms. The number of unbranched alkanes of at least 4 members (excludes halogenated alkanes) is 1. The van der Waals surface area contributed by atoms with Crippen LogP contribution in [0.2, 0.25) is 0 Å². The minimum atomic E-state index is 0.876. The van der Waals surface area contributed by atoms with Gasteiger partial charge in [-0.2, -0.15) is 0 Å². The summed E-state index contributed by atoms with van der Waals surface area (Å²) in [4.78, 5) is 1.42. The van der Waals surface area contributed by atoms with Gasteiger partial charge < -0.3 is 4.74 Å². The van der Waals surface area contributed by atoms with E-state index < -0.39 is 0 Å². The average Bonchev–Trinajstić information content (AvgIpc) is 2.57. The van der Waals surface area contributed by atoms with E-state index in [-0.39, 0.29) is 0 Å². The molecule has 1 aromatic heterocycles. The van der Waals surface area contributed by atoms with Crippen molar-refractivity contribution < 1.29 is 4.74 Å². The number of rotatable bonds is 6. The fourth-order valence-electron chi connectivity index (χ4n) is 0.976. The summed E-state index contributed by atoms with van der Waals surface area (Å²) in [6.07, 6.45) is 3.48. The van der Waals surface area contributed by atoms with Crippen molar-refractivity contribution in [2.24, 2.45) is 0 Å². The average molecular weight is 184 g/mol. The highest BCUT2D eigenvalue weighted by Gasteiger charge is 1.92. The lowest BCUT2D eigenvalue weighted by atomic mass is 10.3. The summed E-state index contributed by atoms with van der Waals surface area (Å²) in [5, 5.41) is 2.11. The zero-order chi connectivity index (χ0) is 8.65. The summed E-state index contributed by atoms with van der Waals surface area (Å²) in [7, 11) is 0. The van der Waals surface area contributed by atoms with Crippen LogP contribution in [0.3, 0.4) is 0 Å². The van der Waals surface area contributed by atoms with Crippen LogP contribution >= 0.6 is 11.3 Å². The third-order valence-electron chi connectivity index (χ3n) is 1.72. The fraction of sp³-hybridized carbons (Fsp3) is 0.600. The molecule has 0 saturated heterocycles. The minimum absolute atomic E-state index is 0.876. The molecule has 2 heteroatoms. The van der Waals surface area contributed by atoms with Gasteiger partial charge in [0.1, 0.15) is 0 Å². The topological polar surface area (TPSA) is 9.23 Å². The molecule has 0 amide bonds. The van der Waals surface area contributed by atoms with Crippen molar-refractivity contribution in [2.75, 3.05) is 13.2 Å². The van der Waals surface area contributed by atoms with Crippen LogP contribution < -0.4 is 0 Å². The fourth-order valence-corrected chi connectivity index (χ4v) is 1.67. The van der Waals surface area contributed by atoms with Gasteiger partial charge in [-0.3, -0.25) is 0 Å². The molecule has 0 saturated carbocycles. The summed E-state index contributed by atoms with van der Waals surface area (Å²) in [6.45, 7) is 3.98. The predicted molar refractivity (Wildman–Crippen MR) is 53.8 cm³/mol. The van der Waals surface area contributed by atoms with Crippen molar-refractivity contribution in [1.29, 1.82) is 0 Å². The van der Waals surface area contributed by atoms with Crippen LogP contribution in [0.5, 0.6) is 0 Å². The lowest BCUT2D eigenvalue weighted by molar-refractivity contribution is 0.135. The second-order valence-electron chi connectivity index (χ2n) is 2.80. The Hall–Kier alpha value is -0.340. The summed E-state index contributed by atoms with van der Waals surface area (Å²) in [6, 6.07) is 4.25. The highest BCUT2D eigenvalue weighted by atomic mass is 32.1. The van der Waals surface area contributed by atoms with Crippen molar-refractivity contribution in [2.45, 2.75) is 26.2 Å². The van der Waals surface area contributed by atoms with Crippen LogP contribution in [-0.4, -0.2) is 13.2 Å². The summed E-state index contributed by atoms with van der Waals surface area (Å²) in [5.41, 5.74) is 0. The van der Waals surface area contributed by atoms with Crippen molar-refractivity contribution in [3.05, 3.63) is 22.4 Å². The lowest BCUT2D eigenvalue weighted by Crippen LogP contribution is -1.98. The highest BCUT2D eigenvalue weighted by Crippen LogP contribution is 2.08. The molecule has 1 aromatic rings. The summed E-state index contributed by atoms with van der Waals surface area (Å²) < 4.78 is 5.45. The van der Waals surface area contributed by atoms with E-state index in [0.29, 0.717) is 0 Å². The molecule has 0 aliphatic carbocycles. The first kappa shape index (κ1) is 9.75. The maximum Gasteiger partial charge on any atom is 0.0514 e. The molecule has 0 spiro atoms. The third-order valence-corrected chi connectivity index (χ3v) is 2.65. The Kier molecular flexibility index (Phi) is 5.04. The number of hydrogen-bond donors (Lipinski definition) is 0. The molecular formula is C10H16OS. The van der Waals surface area contributed by atoms with Crippen molar-refractivity contribution in [3.8, 4) is 0 Å². The van der Waals surface area contributed by atoms with Gasteiger partial charge in [0.25, 0.3) is 0 Å². The zero-order valence-corrected chi connectivity index (χ0v) is 8.40. The van der Waals surface area contributed by atoms with E-state index in [1.54, 1.807) is 11.3 Å². The maximum absolute atomic E-state index is 5.45. The van der Waals surface area contributed by atoms with Gasteiger partial charge in [-0.05, 0) is 17.9 Å². The van der Waals surface area contributed by atoms with E-state index in [9.17, 15) is 0 Å². The van der Waals surface area contributed by atoms with Gasteiger partial charge >= 0.3 is 0 Å². The van der Waals surface area contributed by atoms with E-state index in [2.05, 4.69) is 24.4 Å². The first-order valence-electron chi connectivity index (χ1n) is 4.53. The van der Waals surface area contributed by atoms with Gasteiger partial charge in [0.05, 0.1) is 6.61 Å². The Morgan fingerprint density at radius 3 is 3.00 bits per heavy atom. The normalized spacial score (nSPS) is 10.4. The van der Waals surface area contributed by atoms with Gasteiger partial charge in [0.2, 0.25) is 0 Å². The van der Waals surface area contributed by atoms with E-state index in [0.717, 1.165) is 19.6 Å². The molecule has 0 aliphatic heterocycles. The molecule has 0 unspecified atom stereocenters. The molecule has 68 valence electrons. The Bertz CT molecular complexity index is 182. The SMILES string of the molecule is CCCCOCCc1cccs1. The first-order valence-corrected chi connectivity index (χ1v) is 5.41. The molecule has 1 rings (SSSR count). The smallest absolute Gasteiger partial charge is 0.0514 e. The number of thiophene rings is 1. The quantitative estimate of drug-likeness (QED) is 0.617. The molecule has 12 heavy (non-hydrogen) atoms. The monoisotopic (exact) mass is 184 g/mol. The highest BCUT2D eigenvalue weighted by molar-refractivity contribution is 7.09. The minimum Gasteiger partial charge on any atom is -0.381 e. The number of ether oxygens (including phenoxy) is 1. The molecule has 0 radical (unpaired) electrons. The van der Waals surface area contributed by atoms with Crippen molar-refractivity contribution >= 4 is 11.3 Å². The Morgan fingerprint density at radius 1 is 1.42 bits per heavy atom. The standard InChI is InChI=1S/C10H16OS/c1-2-3-7-11-8-6-10-5-4-9-12-10/h4-5,9H,2-3,6-8H2,1H3. The predicted octanol–water partition coefficient (Wildman–Crippen LogP) is 3.11. The molecule has 0 atom stereocenters. The third kappa shape index (κ3) is 3.88. The van der Waals surface area contributed by atoms with Gasteiger partial charge in [0.15, 0.2) is 0 Å². The molecule has 1 heterocycles. The van der Waals surface area contributed by atoms with Gasteiger partial charge in [0, 0.05) is 17.9 Å². The van der Waals surface area contributed by atoms with Gasteiger partial charge in [-0.15, -0.1) is 11.3 Å². The lowest BCUT2D eigenvalue weighted by Gasteiger charge is -2.00. The molecule has 1 nitrogen and oxygen atoms in total. The Balaban J connectivity index is 1.96.